The number of hydrogen-bond donors (Lipinski definition) is 1. The molecule has 2 heterocycles. The maximum absolute atomic E-state index is 12.4. The molecule has 2 aliphatic heterocycles. The molecule has 3 rings (SSSR count). The largest absolute Gasteiger partial charge is 0.396 e. The van der Waals surface area contributed by atoms with Crippen molar-refractivity contribution in [1.82, 2.24) is 9.80 Å². The second-order valence-corrected chi connectivity index (χ2v) is 7.71. The average molecular weight is 330 g/mol. The number of amides is 1. The van der Waals surface area contributed by atoms with Crippen molar-refractivity contribution in [3.63, 3.8) is 0 Å². The summed E-state index contributed by atoms with van der Waals surface area (Å²) in [6.45, 7) is 7.29. The molecule has 1 aromatic rings. The summed E-state index contributed by atoms with van der Waals surface area (Å²) >= 11 is 0. The van der Waals surface area contributed by atoms with E-state index < -0.39 is 0 Å². The summed E-state index contributed by atoms with van der Waals surface area (Å²) in [4.78, 5) is 16.9. The molecule has 0 aromatic heterocycles. The van der Waals surface area contributed by atoms with Gasteiger partial charge < -0.3 is 14.9 Å². The highest BCUT2D eigenvalue weighted by atomic mass is 16.3. The minimum Gasteiger partial charge on any atom is -0.396 e. The van der Waals surface area contributed by atoms with Crippen LogP contribution in [0.2, 0.25) is 0 Å². The number of carbonyl (C=O) groups excluding carboxylic acids is 1. The van der Waals surface area contributed by atoms with E-state index in [1.165, 1.54) is 5.56 Å². The molecule has 24 heavy (non-hydrogen) atoms. The topological polar surface area (TPSA) is 43.8 Å². The van der Waals surface area contributed by atoms with E-state index in [1.807, 2.05) is 0 Å². The van der Waals surface area contributed by atoms with Crippen molar-refractivity contribution in [2.45, 2.75) is 38.0 Å². The molecule has 1 N–H and O–H groups in total. The zero-order valence-electron chi connectivity index (χ0n) is 14.8. The van der Waals surface area contributed by atoms with Crippen molar-refractivity contribution < 1.29 is 9.90 Å². The molecular weight excluding hydrogens is 300 g/mol. The summed E-state index contributed by atoms with van der Waals surface area (Å²) in [5.41, 5.74) is 1.41. The van der Waals surface area contributed by atoms with E-state index in [1.54, 1.807) is 0 Å². The zero-order chi connectivity index (χ0) is 17.0. The molecule has 2 fully saturated rings. The highest BCUT2D eigenvalue weighted by Crippen LogP contribution is 2.34. The van der Waals surface area contributed by atoms with Crippen LogP contribution < -0.4 is 0 Å². The van der Waals surface area contributed by atoms with Crippen LogP contribution >= 0.6 is 0 Å². The Hall–Kier alpha value is -1.39. The van der Waals surface area contributed by atoms with E-state index in [0.29, 0.717) is 24.9 Å². The first-order chi connectivity index (χ1) is 11.6. The lowest BCUT2D eigenvalue weighted by atomic mass is 9.75. The molecule has 1 unspecified atom stereocenters. The standard InChI is InChI=1S/C20H30N2O2/c1-20(18-5-3-2-4-6-18)10-7-19(24)22(16-20)14-13-21-11-8-17(15-23)9-12-21/h2-6,17,23H,7-16H2,1H3. The van der Waals surface area contributed by atoms with E-state index in [2.05, 4.69) is 47.1 Å². The van der Waals surface area contributed by atoms with Gasteiger partial charge in [0, 0.05) is 38.1 Å². The second kappa shape index (κ2) is 7.66. The monoisotopic (exact) mass is 330 g/mol. The summed E-state index contributed by atoms with van der Waals surface area (Å²) in [7, 11) is 0. The van der Waals surface area contributed by atoms with Crippen molar-refractivity contribution >= 4 is 5.91 Å². The molecule has 0 bridgehead atoms. The van der Waals surface area contributed by atoms with Crippen LogP contribution in [0.25, 0.3) is 0 Å². The van der Waals surface area contributed by atoms with Gasteiger partial charge in [0.1, 0.15) is 0 Å². The number of nitrogens with zero attached hydrogens (tertiary/aromatic N) is 2. The molecule has 4 nitrogen and oxygen atoms in total. The number of carbonyl (C=O) groups is 1. The molecule has 2 saturated heterocycles. The molecule has 0 saturated carbocycles. The third kappa shape index (κ3) is 3.98. The lowest BCUT2D eigenvalue weighted by Crippen LogP contribution is -2.50. The molecule has 0 radical (unpaired) electrons. The number of likely N-dealkylation sites (tertiary alicyclic amines) is 2. The maximum Gasteiger partial charge on any atom is 0.222 e. The third-order valence-electron chi connectivity index (χ3n) is 5.91. The highest BCUT2D eigenvalue weighted by Gasteiger charge is 2.36. The molecule has 1 atom stereocenters. The Labute approximate surface area is 145 Å². The molecular formula is C20H30N2O2. The zero-order valence-corrected chi connectivity index (χ0v) is 14.8. The summed E-state index contributed by atoms with van der Waals surface area (Å²) < 4.78 is 0. The molecule has 132 valence electrons. The Kier molecular flexibility index (Phi) is 5.57. The first-order valence-corrected chi connectivity index (χ1v) is 9.27. The van der Waals surface area contributed by atoms with Crippen molar-refractivity contribution in [2.75, 3.05) is 39.3 Å². The van der Waals surface area contributed by atoms with Crippen molar-refractivity contribution in [3.05, 3.63) is 35.9 Å². The predicted molar refractivity (Wildman–Crippen MR) is 95.9 cm³/mol. The number of benzene rings is 1. The molecule has 2 aliphatic rings. The predicted octanol–water partition coefficient (Wildman–Crippen LogP) is 2.27. The number of aliphatic hydroxyl groups is 1. The SMILES string of the molecule is CC1(c2ccccc2)CCC(=O)N(CCN2CCC(CO)CC2)C1. The van der Waals surface area contributed by atoms with Crippen LogP contribution in [-0.2, 0) is 10.2 Å². The van der Waals surface area contributed by atoms with Crippen LogP contribution in [0.3, 0.4) is 0 Å². The van der Waals surface area contributed by atoms with Crippen LogP contribution in [-0.4, -0.2) is 60.1 Å². The lowest BCUT2D eigenvalue weighted by molar-refractivity contribution is -0.135. The third-order valence-corrected chi connectivity index (χ3v) is 5.91. The van der Waals surface area contributed by atoms with E-state index in [9.17, 15) is 9.90 Å². The Bertz CT molecular complexity index is 540. The normalized spacial score (nSPS) is 26.8. The molecule has 1 aromatic carbocycles. The minimum absolute atomic E-state index is 0.0685. The van der Waals surface area contributed by atoms with Crippen LogP contribution in [0.4, 0.5) is 0 Å². The second-order valence-electron chi connectivity index (χ2n) is 7.71. The number of hydrogen-bond acceptors (Lipinski definition) is 3. The maximum atomic E-state index is 12.4. The Morgan fingerprint density at radius 1 is 1.17 bits per heavy atom. The van der Waals surface area contributed by atoms with Gasteiger partial charge in [-0.2, -0.15) is 0 Å². The van der Waals surface area contributed by atoms with Gasteiger partial charge in [-0.05, 0) is 43.8 Å². The fourth-order valence-electron chi connectivity index (χ4n) is 4.06. The van der Waals surface area contributed by atoms with Crippen molar-refractivity contribution in [2.24, 2.45) is 5.92 Å². The number of piperidine rings is 2. The van der Waals surface area contributed by atoms with Gasteiger partial charge in [-0.15, -0.1) is 0 Å². The summed E-state index contributed by atoms with van der Waals surface area (Å²) in [6, 6.07) is 10.6. The number of rotatable bonds is 5. The fraction of sp³-hybridized carbons (Fsp3) is 0.650. The first-order valence-electron chi connectivity index (χ1n) is 9.27. The van der Waals surface area contributed by atoms with Crippen LogP contribution in [0.1, 0.15) is 38.2 Å². The molecule has 4 heteroatoms. The fourth-order valence-corrected chi connectivity index (χ4v) is 4.06. The van der Waals surface area contributed by atoms with Crippen LogP contribution in [0.5, 0.6) is 0 Å². The van der Waals surface area contributed by atoms with Gasteiger partial charge in [0.25, 0.3) is 0 Å². The summed E-state index contributed by atoms with van der Waals surface area (Å²) in [5.74, 6) is 0.771. The molecule has 0 spiro atoms. The molecule has 0 aliphatic carbocycles. The first kappa shape index (κ1) is 17.4. The summed E-state index contributed by atoms with van der Waals surface area (Å²) in [5, 5.41) is 9.24. The van der Waals surface area contributed by atoms with Gasteiger partial charge in [-0.1, -0.05) is 37.3 Å². The minimum atomic E-state index is 0.0685. The van der Waals surface area contributed by atoms with Crippen LogP contribution in [0.15, 0.2) is 30.3 Å². The van der Waals surface area contributed by atoms with E-state index in [-0.39, 0.29) is 5.41 Å². The Balaban J connectivity index is 1.56. The van der Waals surface area contributed by atoms with Gasteiger partial charge in [-0.3, -0.25) is 4.79 Å². The summed E-state index contributed by atoms with van der Waals surface area (Å²) in [6.07, 6.45) is 3.74. The Morgan fingerprint density at radius 2 is 1.88 bits per heavy atom. The van der Waals surface area contributed by atoms with Crippen molar-refractivity contribution in [1.29, 1.82) is 0 Å². The smallest absolute Gasteiger partial charge is 0.222 e. The van der Waals surface area contributed by atoms with E-state index in [4.69, 9.17) is 0 Å². The van der Waals surface area contributed by atoms with Gasteiger partial charge in [0.15, 0.2) is 0 Å². The van der Waals surface area contributed by atoms with E-state index in [0.717, 1.165) is 52.0 Å². The number of aliphatic hydroxyl groups excluding tert-OH is 1. The van der Waals surface area contributed by atoms with Crippen LogP contribution in [0, 0.1) is 5.92 Å². The van der Waals surface area contributed by atoms with E-state index >= 15 is 0 Å². The van der Waals surface area contributed by atoms with Gasteiger partial charge >= 0.3 is 0 Å². The quantitative estimate of drug-likeness (QED) is 0.901. The highest BCUT2D eigenvalue weighted by molar-refractivity contribution is 5.77. The Morgan fingerprint density at radius 3 is 2.54 bits per heavy atom. The average Bonchev–Trinajstić information content (AvgIpc) is 2.64. The van der Waals surface area contributed by atoms with Gasteiger partial charge in [0.05, 0.1) is 0 Å². The molecule has 1 amide bonds. The van der Waals surface area contributed by atoms with Gasteiger partial charge in [-0.25, -0.2) is 0 Å². The van der Waals surface area contributed by atoms with Crippen molar-refractivity contribution in [3.8, 4) is 0 Å². The lowest BCUT2D eigenvalue weighted by Gasteiger charge is -2.42. The van der Waals surface area contributed by atoms with Gasteiger partial charge in [0.2, 0.25) is 5.91 Å².